The fourth-order valence-electron chi connectivity index (χ4n) is 1.76. The lowest BCUT2D eigenvalue weighted by Crippen LogP contribution is -2.02. The zero-order valence-corrected chi connectivity index (χ0v) is 12.7. The van der Waals surface area contributed by atoms with Crippen LogP contribution in [0.15, 0.2) is 24.4 Å². The van der Waals surface area contributed by atoms with E-state index < -0.39 is 5.97 Å². The monoisotopic (exact) mass is 335 g/mol. The molecule has 5 nitrogen and oxygen atoms in total. The lowest BCUT2D eigenvalue weighted by atomic mass is 10.2. The van der Waals surface area contributed by atoms with Gasteiger partial charge in [-0.1, -0.05) is 28.1 Å². The van der Waals surface area contributed by atoms with Crippen LogP contribution in [0.3, 0.4) is 0 Å². The van der Waals surface area contributed by atoms with Crippen LogP contribution in [0.25, 0.3) is 17.9 Å². The summed E-state index contributed by atoms with van der Waals surface area (Å²) in [6, 6.07) is 1.46. The molecule has 0 radical (unpaired) electrons. The average molecular weight is 336 g/mol. The zero-order valence-electron chi connectivity index (χ0n) is 11.1. The van der Waals surface area contributed by atoms with Gasteiger partial charge in [0.15, 0.2) is 5.69 Å². The van der Waals surface area contributed by atoms with E-state index in [1.807, 2.05) is 38.2 Å². The minimum atomic E-state index is -1.06. The Morgan fingerprint density at radius 1 is 1.45 bits per heavy atom. The van der Waals surface area contributed by atoms with E-state index >= 15 is 0 Å². The van der Waals surface area contributed by atoms with Crippen LogP contribution in [-0.4, -0.2) is 30.3 Å². The molecule has 0 aliphatic carbocycles. The fourth-order valence-corrected chi connectivity index (χ4v) is 1.91. The van der Waals surface area contributed by atoms with Crippen LogP contribution in [0, 0.1) is 0 Å². The minimum Gasteiger partial charge on any atom is -0.477 e. The molecule has 0 saturated heterocycles. The first-order valence-corrected chi connectivity index (χ1v) is 7.02. The molecule has 0 bridgehead atoms. The van der Waals surface area contributed by atoms with Crippen LogP contribution >= 0.6 is 15.9 Å². The quantitative estimate of drug-likeness (QED) is 0.871. The number of rotatable bonds is 4. The maximum atomic E-state index is 10.9. The summed E-state index contributed by atoms with van der Waals surface area (Å²) in [6.07, 6.45) is 9.35. The van der Waals surface area contributed by atoms with Crippen LogP contribution in [0.4, 0.5) is 0 Å². The molecule has 0 aromatic carbocycles. The van der Waals surface area contributed by atoms with Crippen LogP contribution in [-0.2, 0) is 0 Å². The highest BCUT2D eigenvalue weighted by Crippen LogP contribution is 2.16. The van der Waals surface area contributed by atoms with Crippen molar-refractivity contribution in [3.05, 3.63) is 41.5 Å². The number of fused-ring (bicyclic) bond motifs is 1. The molecular formula is C14H14BrN3O2. The Kier molecular flexibility index (Phi) is 4.34. The van der Waals surface area contributed by atoms with E-state index in [-0.39, 0.29) is 10.5 Å². The third kappa shape index (κ3) is 2.96. The number of nitrogens with zero attached hydrogens (tertiary/aromatic N) is 3. The molecule has 0 spiro atoms. The number of hydrogen-bond donors (Lipinski definition) is 1. The number of carboxylic acid groups (broad SMARTS) is 1. The molecule has 0 aliphatic rings. The van der Waals surface area contributed by atoms with Crippen molar-refractivity contribution >= 4 is 39.8 Å². The Hall–Kier alpha value is -1.95. The summed E-state index contributed by atoms with van der Waals surface area (Å²) in [4.78, 5) is 19.6. The second kappa shape index (κ2) is 6.00. The van der Waals surface area contributed by atoms with Gasteiger partial charge in [0.1, 0.15) is 0 Å². The number of alkyl halides is 1. The molecule has 6 heteroatoms. The van der Waals surface area contributed by atoms with E-state index in [2.05, 4.69) is 25.9 Å². The molecule has 2 aromatic rings. The summed E-state index contributed by atoms with van der Waals surface area (Å²) < 4.78 is 1.77. The highest BCUT2D eigenvalue weighted by Gasteiger charge is 2.12. The van der Waals surface area contributed by atoms with Crippen molar-refractivity contribution in [2.24, 2.45) is 0 Å². The van der Waals surface area contributed by atoms with Crippen LogP contribution < -0.4 is 0 Å². The molecule has 0 aliphatic heterocycles. The average Bonchev–Trinajstić information content (AvgIpc) is 2.73. The lowest BCUT2D eigenvalue weighted by molar-refractivity contribution is 0.0690. The predicted octanol–water partition coefficient (Wildman–Crippen LogP) is 3.26. The summed E-state index contributed by atoms with van der Waals surface area (Å²) in [5, 5.41) is 8.97. The molecule has 2 aromatic heterocycles. The molecule has 0 saturated carbocycles. The summed E-state index contributed by atoms with van der Waals surface area (Å²) in [5.74, 6) is -0.686. The number of halogens is 1. The number of allylic oxidation sites excluding steroid dienone is 2. The number of imidazole rings is 1. The molecule has 20 heavy (non-hydrogen) atoms. The standard InChI is InChI=1S/C14H14BrN3O2/c1-3-4-10-12(6-5-9(2)15)18-8-7-11(13(19)20)17-14(18)16-10/h3-9H,1-2H3,(H,19,20)/b4-3-,6-5-. The molecule has 1 N–H and O–H groups in total. The molecule has 2 heterocycles. The first kappa shape index (κ1) is 14.5. The summed E-state index contributed by atoms with van der Waals surface area (Å²) >= 11 is 3.45. The van der Waals surface area contributed by atoms with Crippen molar-refractivity contribution in [3.8, 4) is 0 Å². The van der Waals surface area contributed by atoms with Crippen molar-refractivity contribution in [2.45, 2.75) is 18.7 Å². The van der Waals surface area contributed by atoms with Gasteiger partial charge in [-0.15, -0.1) is 0 Å². The SMILES string of the molecule is C/C=C\c1nc2nc(C(=O)O)ccn2c1/C=C\C(C)Br. The van der Waals surface area contributed by atoms with E-state index in [1.165, 1.54) is 6.07 Å². The van der Waals surface area contributed by atoms with Gasteiger partial charge in [0.2, 0.25) is 5.78 Å². The van der Waals surface area contributed by atoms with E-state index in [0.717, 1.165) is 11.4 Å². The van der Waals surface area contributed by atoms with Gasteiger partial charge < -0.3 is 5.11 Å². The zero-order chi connectivity index (χ0) is 14.7. The maximum absolute atomic E-state index is 10.9. The van der Waals surface area contributed by atoms with Gasteiger partial charge in [-0.05, 0) is 32.1 Å². The van der Waals surface area contributed by atoms with Gasteiger partial charge in [0, 0.05) is 11.0 Å². The summed E-state index contributed by atoms with van der Waals surface area (Å²) in [6.45, 7) is 3.91. The second-order valence-corrected chi connectivity index (χ2v) is 5.65. The number of aromatic nitrogens is 3. The normalized spacial score (nSPS) is 13.6. The summed E-state index contributed by atoms with van der Waals surface area (Å²) in [5.41, 5.74) is 1.61. The van der Waals surface area contributed by atoms with Gasteiger partial charge in [-0.2, -0.15) is 0 Å². The molecule has 1 atom stereocenters. The molecule has 2 rings (SSSR count). The van der Waals surface area contributed by atoms with Crippen molar-refractivity contribution < 1.29 is 9.90 Å². The number of carbonyl (C=O) groups is 1. The first-order valence-electron chi connectivity index (χ1n) is 6.10. The van der Waals surface area contributed by atoms with Crippen LogP contribution in [0.2, 0.25) is 0 Å². The van der Waals surface area contributed by atoms with E-state index in [4.69, 9.17) is 5.11 Å². The highest BCUT2D eigenvalue weighted by atomic mass is 79.9. The van der Waals surface area contributed by atoms with E-state index in [0.29, 0.717) is 5.78 Å². The van der Waals surface area contributed by atoms with Gasteiger partial charge in [0.25, 0.3) is 0 Å². The fraction of sp³-hybridized carbons (Fsp3) is 0.214. The number of hydrogen-bond acceptors (Lipinski definition) is 3. The Labute approximate surface area is 124 Å². The molecule has 104 valence electrons. The topological polar surface area (TPSA) is 67.5 Å². The van der Waals surface area contributed by atoms with Crippen molar-refractivity contribution in [1.29, 1.82) is 0 Å². The molecular weight excluding hydrogens is 322 g/mol. The van der Waals surface area contributed by atoms with Gasteiger partial charge in [0.05, 0.1) is 11.4 Å². The Bertz CT molecular complexity index is 702. The Balaban J connectivity index is 2.63. The van der Waals surface area contributed by atoms with Crippen molar-refractivity contribution in [2.75, 3.05) is 0 Å². The predicted molar refractivity (Wildman–Crippen MR) is 82.1 cm³/mol. The number of aromatic carboxylic acids is 1. The number of carboxylic acids is 1. The summed E-state index contributed by atoms with van der Waals surface area (Å²) in [7, 11) is 0. The minimum absolute atomic E-state index is 0.0149. The maximum Gasteiger partial charge on any atom is 0.354 e. The van der Waals surface area contributed by atoms with Crippen LogP contribution in [0.5, 0.6) is 0 Å². The Morgan fingerprint density at radius 2 is 2.20 bits per heavy atom. The Morgan fingerprint density at radius 3 is 2.80 bits per heavy atom. The molecule has 1 unspecified atom stereocenters. The van der Waals surface area contributed by atoms with E-state index in [9.17, 15) is 4.79 Å². The third-order valence-electron chi connectivity index (χ3n) is 2.62. The van der Waals surface area contributed by atoms with Crippen molar-refractivity contribution in [1.82, 2.24) is 14.4 Å². The first-order chi connectivity index (χ1) is 9.52. The molecule has 0 amide bonds. The highest BCUT2D eigenvalue weighted by molar-refractivity contribution is 9.09. The van der Waals surface area contributed by atoms with Crippen molar-refractivity contribution in [3.63, 3.8) is 0 Å². The van der Waals surface area contributed by atoms with Gasteiger partial charge in [-0.25, -0.2) is 14.8 Å². The second-order valence-electron chi connectivity index (χ2n) is 4.21. The van der Waals surface area contributed by atoms with Gasteiger partial charge >= 0.3 is 5.97 Å². The smallest absolute Gasteiger partial charge is 0.354 e. The largest absolute Gasteiger partial charge is 0.477 e. The van der Waals surface area contributed by atoms with Crippen LogP contribution in [0.1, 0.15) is 35.7 Å². The van der Waals surface area contributed by atoms with E-state index in [1.54, 1.807) is 10.6 Å². The molecule has 0 fully saturated rings. The third-order valence-corrected chi connectivity index (χ3v) is 2.93. The lowest BCUT2D eigenvalue weighted by Gasteiger charge is -1.99. The van der Waals surface area contributed by atoms with Gasteiger partial charge in [-0.3, -0.25) is 4.40 Å².